The third kappa shape index (κ3) is 6.53. The molecule has 26 heavy (non-hydrogen) atoms. The van der Waals surface area contributed by atoms with Crippen LogP contribution in [0.5, 0.6) is 0 Å². The van der Waals surface area contributed by atoms with E-state index < -0.39 is 0 Å². The molecule has 1 heterocycles. The van der Waals surface area contributed by atoms with Crippen LogP contribution in [0.15, 0.2) is 28.7 Å². The lowest BCUT2D eigenvalue weighted by Crippen LogP contribution is -2.51. The molecule has 0 aromatic heterocycles. The van der Waals surface area contributed by atoms with Gasteiger partial charge in [-0.05, 0) is 26.0 Å². The van der Waals surface area contributed by atoms with Crippen LogP contribution < -0.4 is 5.32 Å². The van der Waals surface area contributed by atoms with Crippen molar-refractivity contribution in [2.24, 2.45) is 0 Å². The quantitative estimate of drug-likeness (QED) is 0.681. The van der Waals surface area contributed by atoms with E-state index in [1.54, 1.807) is 17.0 Å². The SMILES string of the molecule is CC(C)NC(=O)CN1CCN(C(=O)CCC(=O)c2ccc(Br)cc2)CC1. The first-order valence-electron chi connectivity index (χ1n) is 8.93. The molecule has 1 N–H and O–H groups in total. The molecular formula is C19H26BrN3O3. The number of benzene rings is 1. The predicted octanol–water partition coefficient (Wildman–Crippen LogP) is 2.08. The number of Topliss-reactive ketones (excluding diaryl/α,β-unsaturated/α-hetero) is 1. The molecule has 0 aliphatic carbocycles. The highest BCUT2D eigenvalue weighted by Crippen LogP contribution is 2.13. The first-order valence-corrected chi connectivity index (χ1v) is 9.72. The van der Waals surface area contributed by atoms with Gasteiger partial charge in [-0.3, -0.25) is 19.3 Å². The second-order valence-electron chi connectivity index (χ2n) is 6.81. The van der Waals surface area contributed by atoms with Crippen molar-refractivity contribution in [2.45, 2.75) is 32.7 Å². The summed E-state index contributed by atoms with van der Waals surface area (Å²) in [6, 6.07) is 7.30. The molecule has 0 radical (unpaired) electrons. The van der Waals surface area contributed by atoms with Crippen LogP contribution in [0.2, 0.25) is 0 Å². The summed E-state index contributed by atoms with van der Waals surface area (Å²) >= 11 is 3.34. The summed E-state index contributed by atoms with van der Waals surface area (Å²) in [6.45, 7) is 6.78. The van der Waals surface area contributed by atoms with Crippen molar-refractivity contribution in [3.05, 3.63) is 34.3 Å². The normalized spacial score (nSPS) is 15.2. The fraction of sp³-hybridized carbons (Fsp3) is 0.526. The van der Waals surface area contributed by atoms with Crippen molar-refractivity contribution in [3.8, 4) is 0 Å². The molecule has 7 heteroatoms. The number of piperazine rings is 1. The van der Waals surface area contributed by atoms with E-state index in [1.807, 2.05) is 26.0 Å². The van der Waals surface area contributed by atoms with Crippen LogP contribution >= 0.6 is 15.9 Å². The van der Waals surface area contributed by atoms with Gasteiger partial charge in [0.15, 0.2) is 5.78 Å². The van der Waals surface area contributed by atoms with Crippen molar-refractivity contribution in [1.29, 1.82) is 0 Å². The molecule has 0 saturated carbocycles. The Kier molecular flexibility index (Phi) is 7.78. The maximum absolute atomic E-state index is 12.3. The summed E-state index contributed by atoms with van der Waals surface area (Å²) in [5.41, 5.74) is 0.627. The molecule has 2 rings (SSSR count). The molecule has 1 saturated heterocycles. The number of ketones is 1. The van der Waals surface area contributed by atoms with E-state index in [4.69, 9.17) is 0 Å². The Balaban J connectivity index is 1.72. The van der Waals surface area contributed by atoms with Gasteiger partial charge in [-0.2, -0.15) is 0 Å². The second-order valence-corrected chi connectivity index (χ2v) is 7.72. The summed E-state index contributed by atoms with van der Waals surface area (Å²) in [4.78, 5) is 40.1. The van der Waals surface area contributed by atoms with Crippen molar-refractivity contribution in [2.75, 3.05) is 32.7 Å². The Bertz CT molecular complexity index is 638. The van der Waals surface area contributed by atoms with Gasteiger partial charge in [-0.25, -0.2) is 0 Å². The highest BCUT2D eigenvalue weighted by molar-refractivity contribution is 9.10. The zero-order valence-corrected chi connectivity index (χ0v) is 16.9. The molecule has 2 amide bonds. The predicted molar refractivity (Wildman–Crippen MR) is 104 cm³/mol. The molecule has 0 atom stereocenters. The number of hydrogen-bond donors (Lipinski definition) is 1. The van der Waals surface area contributed by atoms with E-state index in [0.717, 1.165) is 4.47 Å². The highest BCUT2D eigenvalue weighted by atomic mass is 79.9. The second kappa shape index (κ2) is 9.83. The minimum Gasteiger partial charge on any atom is -0.353 e. The molecule has 6 nitrogen and oxygen atoms in total. The van der Waals surface area contributed by atoms with Gasteiger partial charge in [0.1, 0.15) is 0 Å². The zero-order chi connectivity index (χ0) is 19.1. The van der Waals surface area contributed by atoms with Crippen LogP contribution in [0.1, 0.15) is 37.0 Å². The number of nitrogens with zero attached hydrogens (tertiary/aromatic N) is 2. The van der Waals surface area contributed by atoms with Crippen LogP contribution in [0.3, 0.4) is 0 Å². The van der Waals surface area contributed by atoms with Gasteiger partial charge in [0.05, 0.1) is 6.54 Å². The Morgan fingerprint density at radius 2 is 1.65 bits per heavy atom. The third-order valence-electron chi connectivity index (χ3n) is 4.27. The van der Waals surface area contributed by atoms with Crippen LogP contribution in [0, 0.1) is 0 Å². The fourth-order valence-corrected chi connectivity index (χ4v) is 3.15. The van der Waals surface area contributed by atoms with Crippen molar-refractivity contribution in [1.82, 2.24) is 15.1 Å². The van der Waals surface area contributed by atoms with Crippen LogP contribution in [0.25, 0.3) is 0 Å². The van der Waals surface area contributed by atoms with Crippen LogP contribution in [-0.4, -0.2) is 66.2 Å². The maximum Gasteiger partial charge on any atom is 0.234 e. The third-order valence-corrected chi connectivity index (χ3v) is 4.80. The molecule has 1 aromatic rings. The van der Waals surface area contributed by atoms with Gasteiger partial charge in [0.2, 0.25) is 11.8 Å². The minimum atomic E-state index is -0.0187. The number of carbonyl (C=O) groups is 3. The highest BCUT2D eigenvalue weighted by Gasteiger charge is 2.23. The molecule has 1 aliphatic rings. The van der Waals surface area contributed by atoms with Gasteiger partial charge in [0.25, 0.3) is 0 Å². The first-order chi connectivity index (χ1) is 12.3. The monoisotopic (exact) mass is 423 g/mol. The first kappa shape index (κ1) is 20.6. The standard InChI is InChI=1S/C19H26BrN3O3/c1-14(2)21-18(25)13-22-9-11-23(12-10-22)19(26)8-7-17(24)15-3-5-16(20)6-4-15/h3-6,14H,7-13H2,1-2H3,(H,21,25). The Morgan fingerprint density at radius 1 is 1.04 bits per heavy atom. The summed E-state index contributed by atoms with van der Waals surface area (Å²) in [6.07, 6.45) is 0.445. The van der Waals surface area contributed by atoms with Gasteiger partial charge in [-0.15, -0.1) is 0 Å². The van der Waals surface area contributed by atoms with Gasteiger partial charge >= 0.3 is 0 Å². The lowest BCUT2D eigenvalue weighted by Gasteiger charge is -2.34. The van der Waals surface area contributed by atoms with Crippen LogP contribution in [-0.2, 0) is 9.59 Å². The van der Waals surface area contributed by atoms with E-state index in [1.165, 1.54) is 0 Å². The summed E-state index contributed by atoms with van der Waals surface area (Å²) < 4.78 is 0.921. The Morgan fingerprint density at radius 3 is 2.23 bits per heavy atom. The lowest BCUT2D eigenvalue weighted by atomic mass is 10.1. The topological polar surface area (TPSA) is 69.7 Å². The van der Waals surface area contributed by atoms with E-state index in [-0.39, 0.29) is 36.5 Å². The zero-order valence-electron chi connectivity index (χ0n) is 15.3. The molecule has 1 aromatic carbocycles. The van der Waals surface area contributed by atoms with Gasteiger partial charge in [0, 0.05) is 55.1 Å². The smallest absolute Gasteiger partial charge is 0.234 e. The number of nitrogens with one attached hydrogen (secondary N) is 1. The average molecular weight is 424 g/mol. The number of rotatable bonds is 7. The summed E-state index contributed by atoms with van der Waals surface area (Å²) in [7, 11) is 0. The Labute approximate surface area is 163 Å². The summed E-state index contributed by atoms with van der Waals surface area (Å²) in [5, 5.41) is 2.87. The number of amides is 2. The van der Waals surface area contributed by atoms with Crippen molar-refractivity contribution in [3.63, 3.8) is 0 Å². The summed E-state index contributed by atoms with van der Waals surface area (Å²) in [5.74, 6) is -0.00328. The number of carbonyl (C=O) groups excluding carboxylic acids is 3. The maximum atomic E-state index is 12.3. The largest absolute Gasteiger partial charge is 0.353 e. The van der Waals surface area contributed by atoms with Crippen molar-refractivity contribution >= 4 is 33.5 Å². The molecular weight excluding hydrogens is 398 g/mol. The lowest BCUT2D eigenvalue weighted by molar-refractivity contribution is -0.133. The van der Waals surface area contributed by atoms with Gasteiger partial charge in [-0.1, -0.05) is 28.1 Å². The van der Waals surface area contributed by atoms with E-state index in [2.05, 4.69) is 26.1 Å². The van der Waals surface area contributed by atoms with Crippen LogP contribution in [0.4, 0.5) is 0 Å². The molecule has 0 unspecified atom stereocenters. The van der Waals surface area contributed by atoms with Gasteiger partial charge < -0.3 is 10.2 Å². The minimum absolute atomic E-state index is 0.00161. The average Bonchev–Trinajstić information content (AvgIpc) is 2.60. The van der Waals surface area contributed by atoms with E-state index in [9.17, 15) is 14.4 Å². The molecule has 1 aliphatic heterocycles. The van der Waals surface area contributed by atoms with E-state index >= 15 is 0 Å². The number of halogens is 1. The molecule has 142 valence electrons. The number of hydrogen-bond acceptors (Lipinski definition) is 4. The fourth-order valence-electron chi connectivity index (χ4n) is 2.88. The molecule has 1 fully saturated rings. The van der Waals surface area contributed by atoms with E-state index in [0.29, 0.717) is 38.3 Å². The molecule has 0 spiro atoms. The van der Waals surface area contributed by atoms with Crippen molar-refractivity contribution < 1.29 is 14.4 Å². The molecule has 0 bridgehead atoms. The Hall–Kier alpha value is -1.73.